The van der Waals surface area contributed by atoms with Gasteiger partial charge in [-0.1, -0.05) is 279 Å². The minimum Gasteiger partial charge on any atom is -0.462 e. The lowest BCUT2D eigenvalue weighted by Gasteiger charge is -2.21. The molecule has 0 aliphatic rings. The van der Waals surface area contributed by atoms with Crippen molar-refractivity contribution in [1.29, 1.82) is 0 Å². The van der Waals surface area contributed by atoms with Crippen LogP contribution in [0.3, 0.4) is 0 Å². The molecule has 0 aromatic rings. The number of aliphatic hydroxyl groups is 1. The Kier molecular flexibility index (Phi) is 57.1. The van der Waals surface area contributed by atoms with Crippen molar-refractivity contribution in [3.63, 3.8) is 0 Å². The standard InChI is InChI=1S/C66H128O17P2/c1-7-9-11-13-28-36-42-48-63(68)76-54-61(82-65(70)50-44-38-29-14-12-10-8-2)56-80-84(72,73)78-52-60(67)53-79-85(74,75)81-57-62(55-77-64(69)49-43-37-32-26-23-22-25-31-35-41-47-59(5)6)83-66(71)51-45-39-33-27-21-19-17-15-16-18-20-24-30-34-40-46-58(3)4/h58-62,67H,7-57H2,1-6H3,(H,72,73)(H,74,75)/t60-,61+,62+/m0/s1. The largest absolute Gasteiger partial charge is 0.472 e. The lowest BCUT2D eigenvalue weighted by atomic mass is 10.0. The summed E-state index contributed by atoms with van der Waals surface area (Å²) >= 11 is 0. The van der Waals surface area contributed by atoms with Crippen LogP contribution in [0.25, 0.3) is 0 Å². The van der Waals surface area contributed by atoms with Crippen molar-refractivity contribution < 1.29 is 80.2 Å². The van der Waals surface area contributed by atoms with E-state index in [1.807, 2.05) is 0 Å². The third-order valence-corrected chi connectivity index (χ3v) is 17.1. The highest BCUT2D eigenvalue weighted by Gasteiger charge is 2.30. The minimum absolute atomic E-state index is 0.103. The molecule has 0 amide bonds. The van der Waals surface area contributed by atoms with Crippen molar-refractivity contribution >= 4 is 39.5 Å². The molecular formula is C66H128O17P2. The molecule has 504 valence electrons. The molecule has 0 aromatic carbocycles. The first kappa shape index (κ1) is 83.1. The van der Waals surface area contributed by atoms with Crippen molar-refractivity contribution in [2.24, 2.45) is 11.8 Å². The van der Waals surface area contributed by atoms with E-state index < -0.39 is 97.5 Å². The molecule has 0 heterocycles. The SMILES string of the molecule is CCCCCCCCCC(=O)OC[C@H](COP(=O)(O)OC[C@H](O)COP(=O)(O)OC[C@@H](COC(=O)CCCCCCCCCCCCC(C)C)OC(=O)CCCCCCCCCCCCCCCCCC(C)C)OC(=O)CCCCCCCCC. The number of phosphoric acid groups is 2. The van der Waals surface area contributed by atoms with Gasteiger partial charge in [0.1, 0.15) is 19.3 Å². The van der Waals surface area contributed by atoms with E-state index in [1.54, 1.807) is 0 Å². The smallest absolute Gasteiger partial charge is 0.462 e. The van der Waals surface area contributed by atoms with E-state index in [1.165, 1.54) is 122 Å². The normalized spacial score (nSPS) is 14.2. The minimum atomic E-state index is -4.95. The molecule has 5 atom stereocenters. The van der Waals surface area contributed by atoms with E-state index in [-0.39, 0.29) is 25.7 Å². The Morgan fingerprint density at radius 2 is 0.541 bits per heavy atom. The van der Waals surface area contributed by atoms with Gasteiger partial charge in [-0.25, -0.2) is 9.13 Å². The van der Waals surface area contributed by atoms with Gasteiger partial charge in [-0.2, -0.15) is 0 Å². The lowest BCUT2D eigenvalue weighted by Crippen LogP contribution is -2.30. The summed E-state index contributed by atoms with van der Waals surface area (Å²) in [5, 5.41) is 10.5. The zero-order valence-corrected chi connectivity index (χ0v) is 56.7. The highest BCUT2D eigenvalue weighted by molar-refractivity contribution is 7.47. The molecule has 17 nitrogen and oxygen atoms in total. The molecule has 0 aliphatic heterocycles. The van der Waals surface area contributed by atoms with Crippen LogP contribution in [0.15, 0.2) is 0 Å². The van der Waals surface area contributed by atoms with Crippen LogP contribution < -0.4 is 0 Å². The van der Waals surface area contributed by atoms with Gasteiger partial charge >= 0.3 is 39.5 Å². The summed E-state index contributed by atoms with van der Waals surface area (Å²) in [6.07, 6.45) is 42.0. The number of carbonyl (C=O) groups excluding carboxylic acids is 4. The zero-order chi connectivity index (χ0) is 62.9. The Labute approximate surface area is 517 Å². The fraction of sp³-hybridized carbons (Fsp3) is 0.939. The van der Waals surface area contributed by atoms with Gasteiger partial charge in [-0.05, 0) is 37.5 Å². The van der Waals surface area contributed by atoms with Crippen LogP contribution >= 0.6 is 15.6 Å². The molecule has 19 heteroatoms. The number of hydrogen-bond donors (Lipinski definition) is 3. The Hall–Kier alpha value is -1.94. The summed E-state index contributed by atoms with van der Waals surface area (Å²) < 4.78 is 67.9. The molecule has 3 N–H and O–H groups in total. The van der Waals surface area contributed by atoms with Gasteiger partial charge in [0.15, 0.2) is 12.2 Å². The topological polar surface area (TPSA) is 237 Å². The van der Waals surface area contributed by atoms with E-state index >= 15 is 0 Å². The summed E-state index contributed by atoms with van der Waals surface area (Å²) in [5.41, 5.74) is 0. The number of carbonyl (C=O) groups is 4. The summed E-state index contributed by atoms with van der Waals surface area (Å²) in [5.74, 6) is -0.578. The fourth-order valence-electron chi connectivity index (χ4n) is 9.88. The van der Waals surface area contributed by atoms with Crippen LogP contribution in [0.2, 0.25) is 0 Å². The van der Waals surface area contributed by atoms with Crippen LogP contribution in [0.5, 0.6) is 0 Å². The maximum absolute atomic E-state index is 13.0. The summed E-state index contributed by atoms with van der Waals surface area (Å²) in [6, 6.07) is 0. The number of rotatable bonds is 65. The fourth-order valence-corrected chi connectivity index (χ4v) is 11.5. The van der Waals surface area contributed by atoms with Crippen LogP contribution in [-0.2, 0) is 65.4 Å². The zero-order valence-electron chi connectivity index (χ0n) is 54.9. The predicted octanol–water partition coefficient (Wildman–Crippen LogP) is 18.4. The monoisotopic (exact) mass is 1250 g/mol. The van der Waals surface area contributed by atoms with Gasteiger partial charge in [-0.15, -0.1) is 0 Å². The van der Waals surface area contributed by atoms with Crippen LogP contribution in [0, 0.1) is 11.8 Å². The van der Waals surface area contributed by atoms with Gasteiger partial charge in [0.25, 0.3) is 0 Å². The summed E-state index contributed by atoms with van der Waals surface area (Å²) in [7, 11) is -9.88. The quantitative estimate of drug-likeness (QED) is 0.0222. The maximum atomic E-state index is 13.0. The molecule has 0 saturated heterocycles. The molecule has 85 heavy (non-hydrogen) atoms. The van der Waals surface area contributed by atoms with Crippen molar-refractivity contribution in [1.82, 2.24) is 0 Å². The number of unbranched alkanes of at least 4 members (excludes halogenated alkanes) is 35. The number of ether oxygens (including phenoxy) is 4. The molecule has 0 aliphatic carbocycles. The number of aliphatic hydroxyl groups excluding tert-OH is 1. The number of hydrogen-bond acceptors (Lipinski definition) is 15. The molecule has 0 rings (SSSR count). The molecule has 2 unspecified atom stereocenters. The van der Waals surface area contributed by atoms with Crippen LogP contribution in [0.1, 0.15) is 330 Å². The van der Waals surface area contributed by atoms with Gasteiger partial charge in [0, 0.05) is 25.7 Å². The average Bonchev–Trinajstić information content (AvgIpc) is 3.55. The average molecular weight is 1260 g/mol. The predicted molar refractivity (Wildman–Crippen MR) is 340 cm³/mol. The Morgan fingerprint density at radius 1 is 0.318 bits per heavy atom. The molecule has 0 saturated carbocycles. The van der Waals surface area contributed by atoms with Gasteiger partial charge in [0.2, 0.25) is 0 Å². The summed E-state index contributed by atoms with van der Waals surface area (Å²) in [4.78, 5) is 72.1. The first-order valence-corrected chi connectivity index (χ1v) is 37.5. The van der Waals surface area contributed by atoms with Crippen molar-refractivity contribution in [3.8, 4) is 0 Å². The third-order valence-electron chi connectivity index (χ3n) is 15.2. The molecule has 0 bridgehead atoms. The van der Waals surface area contributed by atoms with Crippen LogP contribution in [0.4, 0.5) is 0 Å². The van der Waals surface area contributed by atoms with Crippen molar-refractivity contribution in [3.05, 3.63) is 0 Å². The second kappa shape index (κ2) is 58.4. The van der Waals surface area contributed by atoms with E-state index in [0.717, 1.165) is 127 Å². The van der Waals surface area contributed by atoms with Crippen LogP contribution in [-0.4, -0.2) is 96.7 Å². The number of phosphoric ester groups is 2. The Bertz CT molecular complexity index is 1670. The van der Waals surface area contributed by atoms with E-state index in [2.05, 4.69) is 41.5 Å². The highest BCUT2D eigenvalue weighted by Crippen LogP contribution is 2.45. The molecule has 0 fully saturated rings. The van der Waals surface area contributed by atoms with Gasteiger partial charge in [0.05, 0.1) is 26.4 Å². The van der Waals surface area contributed by atoms with Gasteiger partial charge in [-0.3, -0.25) is 37.3 Å². The van der Waals surface area contributed by atoms with Gasteiger partial charge < -0.3 is 33.8 Å². The molecule has 0 aromatic heterocycles. The van der Waals surface area contributed by atoms with E-state index in [4.69, 9.17) is 37.0 Å². The third kappa shape index (κ3) is 60.7. The number of esters is 4. The molecule has 0 radical (unpaired) electrons. The van der Waals surface area contributed by atoms with E-state index in [0.29, 0.717) is 25.7 Å². The van der Waals surface area contributed by atoms with Crippen molar-refractivity contribution in [2.75, 3.05) is 39.6 Å². The second-order valence-electron chi connectivity index (χ2n) is 24.8. The molecular weight excluding hydrogens is 1130 g/mol. The van der Waals surface area contributed by atoms with E-state index in [9.17, 15) is 43.2 Å². The highest BCUT2D eigenvalue weighted by atomic mass is 31.2. The maximum Gasteiger partial charge on any atom is 0.472 e. The first-order chi connectivity index (χ1) is 40.9. The lowest BCUT2D eigenvalue weighted by molar-refractivity contribution is -0.161. The second-order valence-corrected chi connectivity index (χ2v) is 27.7. The summed E-state index contributed by atoms with van der Waals surface area (Å²) in [6.45, 7) is 9.45. The molecule has 0 spiro atoms. The first-order valence-electron chi connectivity index (χ1n) is 34.5. The van der Waals surface area contributed by atoms with Crippen molar-refractivity contribution in [2.45, 2.75) is 349 Å². The Morgan fingerprint density at radius 3 is 0.800 bits per heavy atom. The Balaban J connectivity index is 5.15.